The van der Waals surface area contributed by atoms with Crippen molar-refractivity contribution in [2.24, 2.45) is 5.41 Å². The van der Waals surface area contributed by atoms with Gasteiger partial charge in [0.05, 0.1) is 5.41 Å². The molecule has 2 saturated heterocycles. The summed E-state index contributed by atoms with van der Waals surface area (Å²) in [5, 5.41) is 3.26. The van der Waals surface area contributed by atoms with Crippen LogP contribution in [0.1, 0.15) is 19.3 Å². The Morgan fingerprint density at radius 3 is 2.71 bits per heavy atom. The average Bonchev–Trinajstić information content (AvgIpc) is 2.50. The summed E-state index contributed by atoms with van der Waals surface area (Å²) < 4.78 is 12.2. The highest BCUT2D eigenvalue weighted by molar-refractivity contribution is 5.85. The van der Waals surface area contributed by atoms with Gasteiger partial charge >= 0.3 is 0 Å². The molecule has 0 aromatic heterocycles. The molecule has 4 heteroatoms. The van der Waals surface area contributed by atoms with Gasteiger partial charge in [-0.2, -0.15) is 0 Å². The molecule has 0 radical (unpaired) electrons. The molecule has 0 aliphatic carbocycles. The largest absolute Gasteiger partial charge is 0.340 e. The lowest BCUT2D eigenvalue weighted by molar-refractivity contribution is -0.137. The maximum atomic E-state index is 12.2. The van der Waals surface area contributed by atoms with Crippen LogP contribution in [0.15, 0.2) is 0 Å². The number of nitrogens with one attached hydrogen (secondary N) is 1. The van der Waals surface area contributed by atoms with Gasteiger partial charge in [-0.25, -0.2) is 4.39 Å². The zero-order valence-corrected chi connectivity index (χ0v) is 8.39. The molecular formula is C10H17FN2O. The standard InChI is InChI=1S/C10H17FN2O/c11-4-8-13-7-3-10(9(13)14)1-5-12-6-2-10/h12H,1-8H2. The van der Waals surface area contributed by atoms with Crippen LogP contribution in [0.3, 0.4) is 0 Å². The Morgan fingerprint density at radius 1 is 1.36 bits per heavy atom. The molecule has 3 nitrogen and oxygen atoms in total. The van der Waals surface area contributed by atoms with Crippen molar-refractivity contribution in [3.05, 3.63) is 0 Å². The topological polar surface area (TPSA) is 32.3 Å². The molecule has 2 heterocycles. The summed E-state index contributed by atoms with van der Waals surface area (Å²) in [5.41, 5.74) is -0.138. The number of carbonyl (C=O) groups is 1. The third-order valence-electron chi connectivity index (χ3n) is 3.52. The number of hydrogen-bond acceptors (Lipinski definition) is 2. The average molecular weight is 200 g/mol. The van der Waals surface area contributed by atoms with Crippen LogP contribution < -0.4 is 5.32 Å². The van der Waals surface area contributed by atoms with Gasteiger partial charge in [-0.05, 0) is 32.4 Å². The van der Waals surface area contributed by atoms with E-state index >= 15 is 0 Å². The number of halogens is 1. The van der Waals surface area contributed by atoms with E-state index < -0.39 is 6.67 Å². The highest BCUT2D eigenvalue weighted by Gasteiger charge is 2.46. The fourth-order valence-electron chi connectivity index (χ4n) is 2.58. The van der Waals surface area contributed by atoms with E-state index in [0.717, 1.165) is 38.9 Å². The smallest absolute Gasteiger partial charge is 0.229 e. The fraction of sp³-hybridized carbons (Fsp3) is 0.900. The summed E-state index contributed by atoms with van der Waals surface area (Å²) in [6.07, 6.45) is 2.77. The Balaban J connectivity index is 2.04. The molecule has 0 aromatic rings. The molecule has 1 N–H and O–H groups in total. The maximum absolute atomic E-state index is 12.2. The molecule has 80 valence electrons. The Morgan fingerprint density at radius 2 is 2.07 bits per heavy atom. The highest BCUT2D eigenvalue weighted by Crippen LogP contribution is 2.39. The summed E-state index contributed by atoms with van der Waals surface area (Å²) in [4.78, 5) is 13.7. The minimum Gasteiger partial charge on any atom is -0.340 e. The van der Waals surface area contributed by atoms with Crippen molar-refractivity contribution < 1.29 is 9.18 Å². The van der Waals surface area contributed by atoms with Crippen LogP contribution in [0, 0.1) is 5.41 Å². The second-order valence-corrected chi connectivity index (χ2v) is 4.26. The minimum atomic E-state index is -0.417. The zero-order chi connectivity index (χ0) is 10.0. The summed E-state index contributed by atoms with van der Waals surface area (Å²) in [6.45, 7) is 2.47. The lowest BCUT2D eigenvalue weighted by Crippen LogP contribution is -2.43. The fourth-order valence-corrected chi connectivity index (χ4v) is 2.58. The number of carbonyl (C=O) groups excluding carboxylic acids is 1. The maximum Gasteiger partial charge on any atom is 0.229 e. The molecule has 0 unspecified atom stereocenters. The Bertz CT molecular complexity index is 226. The van der Waals surface area contributed by atoms with Crippen LogP contribution in [-0.2, 0) is 4.79 Å². The van der Waals surface area contributed by atoms with Crippen LogP contribution in [0.25, 0.3) is 0 Å². The number of piperidine rings is 1. The summed E-state index contributed by atoms with van der Waals surface area (Å²) in [6, 6.07) is 0. The number of rotatable bonds is 2. The molecule has 1 amide bonds. The number of likely N-dealkylation sites (tertiary alicyclic amines) is 1. The minimum absolute atomic E-state index is 0.138. The normalized spacial score (nSPS) is 26.1. The van der Waals surface area contributed by atoms with Gasteiger partial charge in [0.1, 0.15) is 6.67 Å². The molecule has 14 heavy (non-hydrogen) atoms. The summed E-state index contributed by atoms with van der Waals surface area (Å²) >= 11 is 0. The highest BCUT2D eigenvalue weighted by atomic mass is 19.1. The Hall–Kier alpha value is -0.640. The SMILES string of the molecule is O=C1N(CCF)CCC12CCNCC2. The second kappa shape index (κ2) is 3.85. The molecule has 0 aromatic carbocycles. The first kappa shape index (κ1) is 9.90. The third-order valence-corrected chi connectivity index (χ3v) is 3.52. The molecule has 0 bridgehead atoms. The van der Waals surface area contributed by atoms with Crippen LogP contribution in [-0.4, -0.2) is 43.7 Å². The molecular weight excluding hydrogens is 183 g/mol. The van der Waals surface area contributed by atoms with E-state index in [1.807, 2.05) is 0 Å². The molecule has 2 aliphatic heterocycles. The van der Waals surface area contributed by atoms with Crippen molar-refractivity contribution in [3.63, 3.8) is 0 Å². The monoisotopic (exact) mass is 200 g/mol. The van der Waals surface area contributed by atoms with Gasteiger partial charge in [0.25, 0.3) is 0 Å². The van der Waals surface area contributed by atoms with Crippen LogP contribution in [0.2, 0.25) is 0 Å². The van der Waals surface area contributed by atoms with E-state index in [2.05, 4.69) is 5.32 Å². The third kappa shape index (κ3) is 1.52. The van der Waals surface area contributed by atoms with Gasteiger partial charge in [-0.3, -0.25) is 4.79 Å². The quantitative estimate of drug-likeness (QED) is 0.706. The predicted molar refractivity (Wildman–Crippen MR) is 51.7 cm³/mol. The molecule has 0 saturated carbocycles. The van der Waals surface area contributed by atoms with Crippen molar-refractivity contribution in [2.75, 3.05) is 32.9 Å². The molecule has 2 rings (SSSR count). The lowest BCUT2D eigenvalue weighted by atomic mass is 9.78. The van der Waals surface area contributed by atoms with Gasteiger partial charge in [0, 0.05) is 13.1 Å². The summed E-state index contributed by atoms with van der Waals surface area (Å²) in [5.74, 6) is 0.191. The summed E-state index contributed by atoms with van der Waals surface area (Å²) in [7, 11) is 0. The Kier molecular flexibility index (Phi) is 2.72. The van der Waals surface area contributed by atoms with Crippen LogP contribution >= 0.6 is 0 Å². The van der Waals surface area contributed by atoms with Gasteiger partial charge in [0.2, 0.25) is 5.91 Å². The first-order valence-corrected chi connectivity index (χ1v) is 5.35. The molecule has 2 aliphatic rings. The van der Waals surface area contributed by atoms with Crippen molar-refractivity contribution in [1.82, 2.24) is 10.2 Å². The van der Waals surface area contributed by atoms with E-state index in [1.54, 1.807) is 4.90 Å². The first-order chi connectivity index (χ1) is 6.78. The van der Waals surface area contributed by atoms with Gasteiger partial charge in [-0.15, -0.1) is 0 Å². The van der Waals surface area contributed by atoms with Crippen molar-refractivity contribution in [2.45, 2.75) is 19.3 Å². The van der Waals surface area contributed by atoms with Gasteiger partial charge < -0.3 is 10.2 Å². The van der Waals surface area contributed by atoms with Crippen LogP contribution in [0.4, 0.5) is 4.39 Å². The number of alkyl halides is 1. The van der Waals surface area contributed by atoms with E-state index in [1.165, 1.54) is 0 Å². The van der Waals surface area contributed by atoms with E-state index in [9.17, 15) is 9.18 Å². The molecule has 1 spiro atoms. The van der Waals surface area contributed by atoms with Gasteiger partial charge in [0.15, 0.2) is 0 Å². The van der Waals surface area contributed by atoms with Crippen molar-refractivity contribution in [1.29, 1.82) is 0 Å². The Labute approximate surface area is 83.6 Å². The van der Waals surface area contributed by atoms with E-state index in [4.69, 9.17) is 0 Å². The van der Waals surface area contributed by atoms with Crippen molar-refractivity contribution in [3.8, 4) is 0 Å². The first-order valence-electron chi connectivity index (χ1n) is 5.35. The number of hydrogen-bond donors (Lipinski definition) is 1. The number of amides is 1. The molecule has 0 atom stereocenters. The van der Waals surface area contributed by atoms with Crippen LogP contribution in [0.5, 0.6) is 0 Å². The van der Waals surface area contributed by atoms with Gasteiger partial charge in [-0.1, -0.05) is 0 Å². The molecule has 2 fully saturated rings. The second-order valence-electron chi connectivity index (χ2n) is 4.26. The predicted octanol–water partition coefficient (Wildman–Crippen LogP) is 0.558. The van der Waals surface area contributed by atoms with E-state index in [0.29, 0.717) is 0 Å². The van der Waals surface area contributed by atoms with Crippen molar-refractivity contribution >= 4 is 5.91 Å². The lowest BCUT2D eigenvalue weighted by Gasteiger charge is -2.31. The van der Waals surface area contributed by atoms with E-state index in [-0.39, 0.29) is 17.9 Å². The number of nitrogens with zero attached hydrogens (tertiary/aromatic N) is 1. The zero-order valence-electron chi connectivity index (χ0n) is 8.39.